The number of para-hydroxylation sites is 1. The molecule has 206 valence electrons. The number of piperazine rings is 1. The number of pyridine rings is 1. The van der Waals surface area contributed by atoms with Gasteiger partial charge >= 0.3 is 0 Å². The Morgan fingerprint density at radius 1 is 1.15 bits per heavy atom. The number of anilines is 2. The number of benzene rings is 1. The van der Waals surface area contributed by atoms with Crippen molar-refractivity contribution in [3.63, 3.8) is 0 Å². The van der Waals surface area contributed by atoms with Gasteiger partial charge in [0, 0.05) is 58.0 Å². The number of nitriles is 1. The fourth-order valence-corrected chi connectivity index (χ4v) is 6.23. The van der Waals surface area contributed by atoms with Crippen LogP contribution in [0.4, 0.5) is 15.9 Å². The molecule has 0 unspecified atom stereocenters. The van der Waals surface area contributed by atoms with E-state index in [1.54, 1.807) is 34.6 Å². The molecule has 0 aliphatic carbocycles. The van der Waals surface area contributed by atoms with Crippen molar-refractivity contribution in [1.29, 1.82) is 5.26 Å². The highest BCUT2D eigenvalue weighted by Crippen LogP contribution is 2.36. The maximum absolute atomic E-state index is 14.4. The van der Waals surface area contributed by atoms with Gasteiger partial charge in [-0.2, -0.15) is 5.26 Å². The molecule has 2 aliphatic heterocycles. The molecule has 11 heteroatoms. The highest BCUT2D eigenvalue weighted by atomic mass is 32.2. The average Bonchev–Trinajstić information content (AvgIpc) is 3.20. The highest BCUT2D eigenvalue weighted by molar-refractivity contribution is 8.26. The number of nitrogens with zero attached hydrogens (tertiary/aromatic N) is 5. The minimum atomic E-state index is -0.357. The van der Waals surface area contributed by atoms with E-state index in [1.165, 1.54) is 17.8 Å². The van der Waals surface area contributed by atoms with Crippen LogP contribution in [0, 0.1) is 24.1 Å². The minimum Gasteiger partial charge on any atom is -0.382 e. The zero-order chi connectivity index (χ0) is 28.1. The van der Waals surface area contributed by atoms with Gasteiger partial charge in [0.15, 0.2) is 0 Å². The van der Waals surface area contributed by atoms with E-state index in [0.29, 0.717) is 90.8 Å². The summed E-state index contributed by atoms with van der Waals surface area (Å²) in [5, 5.41) is 9.82. The second kappa shape index (κ2) is 12.8. The number of thiocarbonyl (C=S) groups is 1. The van der Waals surface area contributed by atoms with Crippen molar-refractivity contribution >= 4 is 51.8 Å². The first-order valence-corrected chi connectivity index (χ1v) is 14.3. The molecule has 4 rings (SSSR count). The molecule has 0 spiro atoms. The number of amides is 1. The smallest absolute Gasteiger partial charge is 0.270 e. The van der Waals surface area contributed by atoms with Crippen LogP contribution < -0.4 is 15.4 Å². The first kappa shape index (κ1) is 28.8. The Labute approximate surface area is 237 Å². The topological polar surface area (TPSA) is 81.8 Å². The summed E-state index contributed by atoms with van der Waals surface area (Å²) in [5.41, 5.74) is 1.44. The molecule has 0 saturated carbocycles. The van der Waals surface area contributed by atoms with E-state index < -0.39 is 0 Å². The Hall–Kier alpha value is -3.20. The lowest BCUT2D eigenvalue weighted by Crippen LogP contribution is -2.49. The van der Waals surface area contributed by atoms with Crippen LogP contribution in [0.3, 0.4) is 0 Å². The summed E-state index contributed by atoms with van der Waals surface area (Å²) in [6, 6.07) is 8.76. The molecule has 2 aromatic rings. The van der Waals surface area contributed by atoms with Gasteiger partial charge in [-0.05, 0) is 51.0 Å². The molecule has 2 aliphatic rings. The zero-order valence-corrected chi connectivity index (χ0v) is 24.0. The van der Waals surface area contributed by atoms with Crippen LogP contribution in [0.15, 0.2) is 34.0 Å². The fourth-order valence-electron chi connectivity index (χ4n) is 4.94. The van der Waals surface area contributed by atoms with Crippen LogP contribution in [0.1, 0.15) is 37.0 Å². The predicted molar refractivity (Wildman–Crippen MR) is 158 cm³/mol. The van der Waals surface area contributed by atoms with Crippen molar-refractivity contribution < 1.29 is 13.9 Å². The summed E-state index contributed by atoms with van der Waals surface area (Å²) in [6.45, 7) is 9.69. The van der Waals surface area contributed by atoms with Crippen molar-refractivity contribution in [2.75, 3.05) is 55.7 Å². The molecule has 39 heavy (non-hydrogen) atoms. The van der Waals surface area contributed by atoms with Crippen LogP contribution in [-0.4, -0.2) is 65.6 Å². The Kier molecular flexibility index (Phi) is 9.43. The first-order valence-electron chi connectivity index (χ1n) is 13.1. The van der Waals surface area contributed by atoms with Crippen molar-refractivity contribution in [1.82, 2.24) is 9.47 Å². The molecule has 3 heterocycles. The van der Waals surface area contributed by atoms with E-state index in [-0.39, 0.29) is 22.8 Å². The number of hydrogen-bond donors (Lipinski definition) is 0. The Balaban J connectivity index is 1.70. The summed E-state index contributed by atoms with van der Waals surface area (Å²) < 4.78 is 21.9. The zero-order valence-electron chi connectivity index (χ0n) is 22.4. The number of halogens is 1. The highest BCUT2D eigenvalue weighted by Gasteiger charge is 2.33. The van der Waals surface area contributed by atoms with Crippen LogP contribution in [0.25, 0.3) is 6.08 Å². The average molecular weight is 570 g/mol. The maximum atomic E-state index is 14.4. The molecule has 2 saturated heterocycles. The van der Waals surface area contributed by atoms with Gasteiger partial charge in [-0.15, -0.1) is 0 Å². The Morgan fingerprint density at radius 2 is 1.85 bits per heavy atom. The third kappa shape index (κ3) is 5.88. The van der Waals surface area contributed by atoms with E-state index in [2.05, 4.69) is 11.0 Å². The molecule has 0 bridgehead atoms. The number of carbonyl (C=O) groups excluding carboxylic acids is 1. The van der Waals surface area contributed by atoms with Gasteiger partial charge < -0.3 is 14.5 Å². The molecule has 1 amide bonds. The molecule has 0 N–H and O–H groups in total. The minimum absolute atomic E-state index is 0.0593. The molecule has 1 aromatic carbocycles. The van der Waals surface area contributed by atoms with Gasteiger partial charge in [0.25, 0.3) is 11.5 Å². The SMILES string of the molecule is CCOCCCN1C(=O)C(=Cc2c(C)c(C#N)c(=O)n(CC)c2N2CCN(c3ccccc3F)CC2)SC1=S. The molecular weight excluding hydrogens is 537 g/mol. The first-order chi connectivity index (χ1) is 18.8. The summed E-state index contributed by atoms with van der Waals surface area (Å²) in [7, 11) is 0. The van der Waals surface area contributed by atoms with Gasteiger partial charge in [0.2, 0.25) is 0 Å². The van der Waals surface area contributed by atoms with Gasteiger partial charge in [0.05, 0.1) is 10.6 Å². The quantitative estimate of drug-likeness (QED) is 0.253. The van der Waals surface area contributed by atoms with Crippen molar-refractivity contribution in [3.8, 4) is 6.07 Å². The number of rotatable bonds is 9. The lowest BCUT2D eigenvalue weighted by atomic mass is 10.0. The van der Waals surface area contributed by atoms with E-state index in [0.717, 1.165) is 0 Å². The third-order valence-corrected chi connectivity index (χ3v) is 8.34. The second-order valence-corrected chi connectivity index (χ2v) is 10.9. The van der Waals surface area contributed by atoms with Crippen LogP contribution in [0.5, 0.6) is 0 Å². The van der Waals surface area contributed by atoms with Crippen LogP contribution in [-0.2, 0) is 16.1 Å². The molecule has 2 fully saturated rings. The molecule has 0 radical (unpaired) electrons. The largest absolute Gasteiger partial charge is 0.382 e. The van der Waals surface area contributed by atoms with Crippen molar-refractivity contribution in [3.05, 3.63) is 62.0 Å². The molecule has 8 nitrogen and oxygen atoms in total. The third-order valence-electron chi connectivity index (χ3n) is 6.96. The second-order valence-electron chi connectivity index (χ2n) is 9.21. The van der Waals surface area contributed by atoms with E-state index in [4.69, 9.17) is 17.0 Å². The lowest BCUT2D eigenvalue weighted by molar-refractivity contribution is -0.122. The van der Waals surface area contributed by atoms with Gasteiger partial charge in [-0.3, -0.25) is 19.1 Å². The summed E-state index contributed by atoms with van der Waals surface area (Å²) in [5.74, 6) is 0.201. The Bertz CT molecular complexity index is 1390. The maximum Gasteiger partial charge on any atom is 0.270 e. The molecule has 0 atom stereocenters. The summed E-state index contributed by atoms with van der Waals surface area (Å²) in [6.07, 6.45) is 2.44. The van der Waals surface area contributed by atoms with Crippen molar-refractivity contribution in [2.24, 2.45) is 0 Å². The standard InChI is InChI=1S/C28H32FN5O3S2/c1-4-33-25(32-14-12-31(13-15-32)23-10-7-6-9-22(23)29)20(19(3)21(18-30)26(33)35)17-24-27(36)34(28(38)39-24)11-8-16-37-5-2/h6-7,9-10,17H,4-5,8,11-16H2,1-3H3. The number of thioether (sulfide) groups is 1. The number of ether oxygens (including phenoxy) is 1. The van der Waals surface area contributed by atoms with Crippen LogP contribution in [0.2, 0.25) is 0 Å². The monoisotopic (exact) mass is 569 g/mol. The lowest BCUT2D eigenvalue weighted by Gasteiger charge is -2.39. The fraction of sp³-hybridized carbons (Fsp3) is 0.429. The predicted octanol–water partition coefficient (Wildman–Crippen LogP) is 4.14. The van der Waals surface area contributed by atoms with E-state index >= 15 is 0 Å². The van der Waals surface area contributed by atoms with Gasteiger partial charge in [0.1, 0.15) is 27.6 Å². The van der Waals surface area contributed by atoms with Gasteiger partial charge in [-0.25, -0.2) is 4.39 Å². The number of carbonyl (C=O) groups is 1. The molecule has 1 aromatic heterocycles. The van der Waals surface area contributed by atoms with E-state index in [9.17, 15) is 19.2 Å². The Morgan fingerprint density at radius 3 is 2.49 bits per heavy atom. The molecular formula is C28H32FN5O3S2. The van der Waals surface area contributed by atoms with Gasteiger partial charge in [-0.1, -0.05) is 36.1 Å². The normalized spacial score (nSPS) is 16.9. The summed E-state index contributed by atoms with van der Waals surface area (Å²) in [4.78, 5) is 32.7. The van der Waals surface area contributed by atoms with Crippen LogP contribution >= 0.6 is 24.0 Å². The van der Waals surface area contributed by atoms with Crippen molar-refractivity contribution in [2.45, 2.75) is 33.7 Å². The summed E-state index contributed by atoms with van der Waals surface area (Å²) >= 11 is 6.72. The number of aromatic nitrogens is 1. The number of hydrogen-bond acceptors (Lipinski definition) is 8. The van der Waals surface area contributed by atoms with E-state index in [1.807, 2.05) is 24.8 Å².